The molecule has 1 fully saturated rings. The summed E-state index contributed by atoms with van der Waals surface area (Å²) in [5.41, 5.74) is 0.390. The quantitative estimate of drug-likeness (QED) is 0.621. The van der Waals surface area contributed by atoms with Crippen molar-refractivity contribution in [3.05, 3.63) is 35.8 Å². The van der Waals surface area contributed by atoms with E-state index in [0.717, 1.165) is 37.9 Å². The lowest BCUT2D eigenvalue weighted by molar-refractivity contribution is 0.0955. The molecule has 0 aromatic carbocycles. The van der Waals surface area contributed by atoms with Crippen molar-refractivity contribution in [2.24, 2.45) is 11.8 Å². The Balaban J connectivity index is 1.80. The standard InChI is InChI=1S/C20H30O3/c1-14(2)16-6-5-15-11-17(22-13-15)12-20(4)18(23-20)8-10-19(3,21)9-7-16/h7,9,11,13-14,16,18,21H,5-6,8,10,12H2,1-4H3/b9-7+/t16-,18+,19-,20+/m1/s1. The van der Waals surface area contributed by atoms with Gasteiger partial charge in [-0.25, -0.2) is 0 Å². The van der Waals surface area contributed by atoms with Gasteiger partial charge < -0.3 is 14.3 Å². The molecule has 3 nitrogen and oxygen atoms in total. The molecule has 2 aliphatic rings. The van der Waals surface area contributed by atoms with Crippen molar-refractivity contribution < 1.29 is 14.3 Å². The van der Waals surface area contributed by atoms with E-state index in [1.165, 1.54) is 5.56 Å². The lowest BCUT2D eigenvalue weighted by Crippen LogP contribution is -2.23. The van der Waals surface area contributed by atoms with E-state index in [1.54, 1.807) is 0 Å². The maximum Gasteiger partial charge on any atom is 0.107 e. The van der Waals surface area contributed by atoms with Gasteiger partial charge in [-0.1, -0.05) is 26.0 Å². The lowest BCUT2D eigenvalue weighted by atomic mass is 9.86. The summed E-state index contributed by atoms with van der Waals surface area (Å²) < 4.78 is 11.6. The Morgan fingerprint density at radius 2 is 2.04 bits per heavy atom. The summed E-state index contributed by atoms with van der Waals surface area (Å²) in [5.74, 6) is 2.06. The fourth-order valence-corrected chi connectivity index (χ4v) is 3.63. The SMILES string of the molecule is CC(C)[C@H]1/C=C/[C@@](C)(O)CC[C@@H]2O[C@@]2(C)Cc2cc(co2)CC1. The van der Waals surface area contributed by atoms with Crippen molar-refractivity contribution in [1.29, 1.82) is 0 Å². The second-order valence-corrected chi connectivity index (χ2v) is 8.22. The molecule has 2 bridgehead atoms. The van der Waals surface area contributed by atoms with E-state index in [0.29, 0.717) is 11.8 Å². The molecule has 1 aromatic rings. The zero-order valence-corrected chi connectivity index (χ0v) is 14.8. The van der Waals surface area contributed by atoms with Crippen LogP contribution in [0, 0.1) is 11.8 Å². The molecule has 1 aliphatic carbocycles. The number of allylic oxidation sites excluding steroid dienone is 1. The number of ether oxygens (including phenoxy) is 1. The first-order valence-corrected chi connectivity index (χ1v) is 8.93. The summed E-state index contributed by atoms with van der Waals surface area (Å²) >= 11 is 0. The van der Waals surface area contributed by atoms with Crippen LogP contribution in [0.4, 0.5) is 0 Å². The Bertz CT molecular complexity index is 569. The van der Waals surface area contributed by atoms with Gasteiger partial charge in [-0.05, 0) is 63.0 Å². The summed E-state index contributed by atoms with van der Waals surface area (Å²) in [7, 11) is 0. The van der Waals surface area contributed by atoms with Crippen LogP contribution in [0.5, 0.6) is 0 Å². The molecule has 23 heavy (non-hydrogen) atoms. The molecule has 0 spiro atoms. The molecule has 0 amide bonds. The normalized spacial score (nSPS) is 39.6. The number of aliphatic hydroxyl groups is 1. The van der Waals surface area contributed by atoms with Crippen molar-refractivity contribution in [1.82, 2.24) is 0 Å². The van der Waals surface area contributed by atoms with Crippen molar-refractivity contribution in [3.8, 4) is 0 Å². The average Bonchev–Trinajstić information content (AvgIpc) is 2.87. The molecule has 0 saturated carbocycles. The minimum atomic E-state index is -0.752. The molecule has 1 aromatic heterocycles. The minimum Gasteiger partial charge on any atom is -0.469 e. The molecule has 0 radical (unpaired) electrons. The highest BCUT2D eigenvalue weighted by Gasteiger charge is 2.52. The number of hydrogen-bond donors (Lipinski definition) is 1. The fraction of sp³-hybridized carbons (Fsp3) is 0.700. The fourth-order valence-electron chi connectivity index (χ4n) is 3.63. The van der Waals surface area contributed by atoms with E-state index < -0.39 is 5.60 Å². The topological polar surface area (TPSA) is 45.9 Å². The first-order chi connectivity index (χ1) is 10.8. The van der Waals surface area contributed by atoms with Crippen molar-refractivity contribution in [2.45, 2.75) is 77.1 Å². The smallest absolute Gasteiger partial charge is 0.107 e. The van der Waals surface area contributed by atoms with Crippen LogP contribution in [0.15, 0.2) is 28.9 Å². The predicted molar refractivity (Wildman–Crippen MR) is 91.3 cm³/mol. The number of furan rings is 1. The third kappa shape index (κ3) is 4.07. The number of aryl methyl sites for hydroxylation is 1. The van der Waals surface area contributed by atoms with E-state index in [1.807, 2.05) is 19.3 Å². The van der Waals surface area contributed by atoms with Crippen LogP contribution in [0.1, 0.15) is 58.3 Å². The summed E-state index contributed by atoms with van der Waals surface area (Å²) in [6, 6.07) is 2.19. The van der Waals surface area contributed by atoms with Gasteiger partial charge >= 0.3 is 0 Å². The summed E-state index contributed by atoms with van der Waals surface area (Å²) in [4.78, 5) is 0. The molecule has 1 saturated heterocycles. The molecule has 1 aliphatic heterocycles. The molecule has 4 atom stereocenters. The third-order valence-electron chi connectivity index (χ3n) is 5.51. The zero-order valence-electron chi connectivity index (χ0n) is 14.8. The Hall–Kier alpha value is -1.06. The second kappa shape index (κ2) is 6.10. The minimum absolute atomic E-state index is 0.125. The number of hydrogen-bond acceptors (Lipinski definition) is 3. The Kier molecular flexibility index (Phi) is 4.45. The van der Waals surface area contributed by atoms with Crippen LogP contribution in [0.2, 0.25) is 0 Å². The highest BCUT2D eigenvalue weighted by atomic mass is 16.6. The van der Waals surface area contributed by atoms with Gasteiger partial charge in [-0.2, -0.15) is 0 Å². The molecular weight excluding hydrogens is 288 g/mol. The maximum absolute atomic E-state index is 10.6. The van der Waals surface area contributed by atoms with Crippen molar-refractivity contribution in [2.75, 3.05) is 0 Å². The summed E-state index contributed by atoms with van der Waals surface area (Å²) in [5, 5.41) is 10.6. The predicted octanol–water partition coefficient (Wildman–Crippen LogP) is 4.29. The largest absolute Gasteiger partial charge is 0.469 e. The van der Waals surface area contributed by atoms with E-state index in [2.05, 4.69) is 32.9 Å². The van der Waals surface area contributed by atoms with Crippen LogP contribution in [0.3, 0.4) is 0 Å². The maximum atomic E-state index is 10.6. The first-order valence-electron chi connectivity index (χ1n) is 8.93. The third-order valence-corrected chi connectivity index (χ3v) is 5.51. The van der Waals surface area contributed by atoms with Crippen LogP contribution in [-0.2, 0) is 17.6 Å². The van der Waals surface area contributed by atoms with E-state index in [9.17, 15) is 5.11 Å². The van der Waals surface area contributed by atoms with Gasteiger partial charge in [0.15, 0.2) is 0 Å². The van der Waals surface area contributed by atoms with Crippen molar-refractivity contribution in [3.63, 3.8) is 0 Å². The molecule has 0 unspecified atom stereocenters. The monoisotopic (exact) mass is 318 g/mol. The van der Waals surface area contributed by atoms with Crippen LogP contribution < -0.4 is 0 Å². The Morgan fingerprint density at radius 1 is 1.26 bits per heavy atom. The van der Waals surface area contributed by atoms with Gasteiger partial charge in [-0.15, -0.1) is 0 Å². The molecule has 3 rings (SSSR count). The highest BCUT2D eigenvalue weighted by Crippen LogP contribution is 2.43. The van der Waals surface area contributed by atoms with Crippen LogP contribution in [0.25, 0.3) is 0 Å². The van der Waals surface area contributed by atoms with Gasteiger partial charge in [-0.3, -0.25) is 0 Å². The molecule has 3 heteroatoms. The van der Waals surface area contributed by atoms with Gasteiger partial charge in [0, 0.05) is 6.42 Å². The van der Waals surface area contributed by atoms with Gasteiger partial charge in [0.25, 0.3) is 0 Å². The number of fused-ring (bicyclic) bond motifs is 3. The van der Waals surface area contributed by atoms with E-state index in [-0.39, 0.29) is 11.7 Å². The lowest BCUT2D eigenvalue weighted by Gasteiger charge is -2.22. The highest BCUT2D eigenvalue weighted by molar-refractivity contribution is 5.18. The van der Waals surface area contributed by atoms with Gasteiger partial charge in [0.1, 0.15) is 5.76 Å². The zero-order chi connectivity index (χ0) is 16.7. The Morgan fingerprint density at radius 3 is 2.78 bits per heavy atom. The first kappa shape index (κ1) is 16.8. The van der Waals surface area contributed by atoms with Gasteiger partial charge in [0.05, 0.1) is 23.6 Å². The second-order valence-electron chi connectivity index (χ2n) is 8.22. The van der Waals surface area contributed by atoms with Crippen LogP contribution in [-0.4, -0.2) is 22.4 Å². The van der Waals surface area contributed by atoms with Gasteiger partial charge in [0.2, 0.25) is 0 Å². The molecular formula is C20H30O3. The molecule has 2 heterocycles. The number of rotatable bonds is 1. The summed E-state index contributed by atoms with van der Waals surface area (Å²) in [6.45, 7) is 8.55. The molecule has 128 valence electrons. The van der Waals surface area contributed by atoms with E-state index in [4.69, 9.17) is 9.15 Å². The average molecular weight is 318 g/mol. The van der Waals surface area contributed by atoms with E-state index >= 15 is 0 Å². The van der Waals surface area contributed by atoms with Crippen LogP contribution >= 0.6 is 0 Å². The molecule has 1 N–H and O–H groups in total. The van der Waals surface area contributed by atoms with Crippen molar-refractivity contribution >= 4 is 0 Å². The Labute approximate surface area is 139 Å². The number of epoxide rings is 1. The summed E-state index contributed by atoms with van der Waals surface area (Å²) in [6.07, 6.45) is 10.9.